The minimum atomic E-state index is -5.08. The molecule has 4 rings (SSSR count). The number of rotatable bonds is 4. The molecule has 0 fully saturated rings. The lowest BCUT2D eigenvalue weighted by atomic mass is 10.1. The molecule has 14 heteroatoms. The number of hydrogen-bond acceptors (Lipinski definition) is 5. The van der Waals surface area contributed by atoms with Crippen molar-refractivity contribution in [3.05, 3.63) is 108 Å². The normalized spacial score (nSPS) is 10.4. The van der Waals surface area contributed by atoms with Crippen molar-refractivity contribution >= 4 is 40.0 Å². The summed E-state index contributed by atoms with van der Waals surface area (Å²) in [6.45, 7) is 0.589. The van der Waals surface area contributed by atoms with Gasteiger partial charge in [0.15, 0.2) is 0 Å². The van der Waals surface area contributed by atoms with Gasteiger partial charge >= 0.3 is 24.3 Å². The Morgan fingerprint density at radius 1 is 0.674 bits per heavy atom. The van der Waals surface area contributed by atoms with Crippen LogP contribution in [0.5, 0.6) is 0 Å². The van der Waals surface area contributed by atoms with Crippen molar-refractivity contribution in [3.8, 4) is 0 Å². The van der Waals surface area contributed by atoms with Gasteiger partial charge in [0.25, 0.3) is 5.91 Å². The van der Waals surface area contributed by atoms with Crippen LogP contribution in [0.2, 0.25) is 0 Å². The fourth-order valence-electron chi connectivity index (χ4n) is 2.89. The number of nitrogens with two attached hydrogens (primary N) is 1. The Morgan fingerprint density at radius 2 is 1.12 bits per heavy atom. The molecule has 0 bridgehead atoms. The van der Waals surface area contributed by atoms with E-state index in [9.17, 15) is 31.1 Å². The molecule has 4 aromatic rings. The van der Waals surface area contributed by atoms with Gasteiger partial charge in [-0.2, -0.15) is 26.3 Å². The predicted molar refractivity (Wildman–Crippen MR) is 149 cm³/mol. The zero-order valence-corrected chi connectivity index (χ0v) is 22.4. The van der Waals surface area contributed by atoms with Crippen LogP contribution in [-0.4, -0.2) is 47.5 Å². The molecular formula is C29H27F6N3O5. The zero-order chi connectivity index (χ0) is 32.6. The van der Waals surface area contributed by atoms with E-state index >= 15 is 0 Å². The maximum absolute atomic E-state index is 11.3. The van der Waals surface area contributed by atoms with Crippen LogP contribution in [-0.2, 0) is 16.1 Å². The minimum Gasteiger partial charge on any atom is -0.475 e. The van der Waals surface area contributed by atoms with Gasteiger partial charge < -0.3 is 26.6 Å². The Labute approximate surface area is 241 Å². The van der Waals surface area contributed by atoms with E-state index in [1.165, 1.54) is 0 Å². The third kappa shape index (κ3) is 13.9. The maximum Gasteiger partial charge on any atom is 0.490 e. The molecular weight excluding hydrogens is 584 g/mol. The van der Waals surface area contributed by atoms with Crippen molar-refractivity contribution in [2.24, 2.45) is 5.73 Å². The summed E-state index contributed by atoms with van der Waals surface area (Å²) in [6.07, 6.45) is -10.2. The highest BCUT2D eigenvalue weighted by molar-refractivity contribution is 5.98. The zero-order valence-electron chi connectivity index (χ0n) is 22.4. The molecule has 0 spiro atoms. The summed E-state index contributed by atoms with van der Waals surface area (Å²) in [6, 6.07) is 31.9. The van der Waals surface area contributed by atoms with Crippen LogP contribution in [0.3, 0.4) is 0 Å². The van der Waals surface area contributed by atoms with E-state index < -0.39 is 24.3 Å². The summed E-state index contributed by atoms with van der Waals surface area (Å²) in [4.78, 5) is 29.1. The van der Waals surface area contributed by atoms with Crippen LogP contribution in [0.25, 0.3) is 10.8 Å². The lowest BCUT2D eigenvalue weighted by Gasteiger charge is -2.06. The van der Waals surface area contributed by atoms with Gasteiger partial charge in [-0.3, -0.25) is 4.79 Å². The molecule has 0 aliphatic carbocycles. The monoisotopic (exact) mass is 611 g/mol. The number of carbonyl (C=O) groups is 3. The summed E-state index contributed by atoms with van der Waals surface area (Å²) in [5.41, 5.74) is 9.56. The van der Waals surface area contributed by atoms with E-state index in [1.54, 1.807) is 7.05 Å². The number of carbonyl (C=O) groups excluding carboxylic acids is 1. The van der Waals surface area contributed by atoms with Crippen molar-refractivity contribution in [1.82, 2.24) is 5.32 Å². The molecule has 4 aromatic carbocycles. The number of aliphatic carboxylic acids is 2. The number of anilines is 2. The van der Waals surface area contributed by atoms with E-state index in [2.05, 4.69) is 10.6 Å². The number of carboxylic acids is 2. The van der Waals surface area contributed by atoms with Crippen molar-refractivity contribution in [2.75, 3.05) is 12.4 Å². The maximum atomic E-state index is 11.3. The van der Waals surface area contributed by atoms with Gasteiger partial charge in [-0.25, -0.2) is 9.59 Å². The lowest BCUT2D eigenvalue weighted by Crippen LogP contribution is -2.21. The number of para-hydroxylation sites is 1. The summed E-state index contributed by atoms with van der Waals surface area (Å²) in [5.74, 6) is -5.56. The second-order valence-electron chi connectivity index (χ2n) is 8.14. The SMILES string of the molecule is CNC(=O)c1ccc2ccccc2c1.NCc1ccc(Nc2ccccc2)cc1.O=C(O)C(F)(F)F.O=C(O)C(F)(F)F. The van der Waals surface area contributed by atoms with Crippen LogP contribution in [0.15, 0.2) is 97.1 Å². The minimum absolute atomic E-state index is 0.0456. The number of fused-ring (bicyclic) bond motifs is 1. The third-order valence-corrected chi connectivity index (χ3v) is 4.98. The average Bonchev–Trinajstić information content (AvgIpc) is 2.97. The smallest absolute Gasteiger partial charge is 0.475 e. The first-order chi connectivity index (χ1) is 20.1. The molecule has 0 aliphatic heterocycles. The molecule has 1 amide bonds. The van der Waals surface area contributed by atoms with E-state index in [0.29, 0.717) is 12.1 Å². The summed E-state index contributed by atoms with van der Waals surface area (Å²) in [5, 5.41) is 22.4. The average molecular weight is 612 g/mol. The van der Waals surface area contributed by atoms with Gasteiger partial charge in [-0.1, -0.05) is 60.7 Å². The number of amides is 1. The van der Waals surface area contributed by atoms with Crippen molar-refractivity contribution in [1.29, 1.82) is 0 Å². The van der Waals surface area contributed by atoms with Crippen molar-refractivity contribution < 1.29 is 50.9 Å². The Hall–Kier alpha value is -5.11. The topological polar surface area (TPSA) is 142 Å². The summed E-state index contributed by atoms with van der Waals surface area (Å²) in [7, 11) is 1.64. The first-order valence-corrected chi connectivity index (χ1v) is 12.0. The first kappa shape index (κ1) is 35.9. The fourth-order valence-corrected chi connectivity index (χ4v) is 2.89. The Balaban J connectivity index is 0.000000306. The quantitative estimate of drug-likeness (QED) is 0.169. The number of nitrogens with one attached hydrogen (secondary N) is 2. The first-order valence-electron chi connectivity index (χ1n) is 12.0. The van der Waals surface area contributed by atoms with E-state index in [4.69, 9.17) is 25.5 Å². The van der Waals surface area contributed by atoms with Gasteiger partial charge in [0.1, 0.15) is 0 Å². The molecule has 0 radical (unpaired) electrons. The van der Waals surface area contributed by atoms with Crippen LogP contribution in [0.1, 0.15) is 15.9 Å². The fraction of sp³-hybridized carbons (Fsp3) is 0.138. The van der Waals surface area contributed by atoms with Gasteiger partial charge in [0.05, 0.1) is 0 Å². The summed E-state index contributed by atoms with van der Waals surface area (Å²) >= 11 is 0. The Bertz CT molecular complexity index is 1440. The number of hydrogen-bond donors (Lipinski definition) is 5. The molecule has 43 heavy (non-hydrogen) atoms. The molecule has 0 aliphatic rings. The van der Waals surface area contributed by atoms with Crippen molar-refractivity contribution in [3.63, 3.8) is 0 Å². The van der Waals surface area contributed by atoms with Crippen LogP contribution >= 0.6 is 0 Å². The molecule has 8 nitrogen and oxygen atoms in total. The highest BCUT2D eigenvalue weighted by Crippen LogP contribution is 2.17. The molecule has 6 N–H and O–H groups in total. The van der Waals surface area contributed by atoms with E-state index in [-0.39, 0.29) is 5.91 Å². The van der Waals surface area contributed by atoms with E-state index in [0.717, 1.165) is 27.7 Å². The highest BCUT2D eigenvalue weighted by atomic mass is 19.4. The number of carboxylic acid groups (broad SMARTS) is 2. The second kappa shape index (κ2) is 17.0. The second-order valence-corrected chi connectivity index (χ2v) is 8.14. The Morgan fingerprint density at radius 3 is 1.56 bits per heavy atom. The number of halogens is 6. The molecule has 0 heterocycles. The van der Waals surface area contributed by atoms with E-state index in [1.807, 2.05) is 97.1 Å². The van der Waals surface area contributed by atoms with Gasteiger partial charge in [0, 0.05) is 30.5 Å². The summed E-state index contributed by atoms with van der Waals surface area (Å²) < 4.78 is 63.5. The Kier molecular flexibility index (Phi) is 14.2. The van der Waals surface area contributed by atoms with Crippen LogP contribution < -0.4 is 16.4 Å². The molecule has 0 aromatic heterocycles. The number of benzene rings is 4. The highest BCUT2D eigenvalue weighted by Gasteiger charge is 2.38. The molecule has 0 saturated carbocycles. The van der Waals surface area contributed by atoms with Crippen molar-refractivity contribution in [2.45, 2.75) is 18.9 Å². The molecule has 0 saturated heterocycles. The predicted octanol–water partition coefficient (Wildman–Crippen LogP) is 6.35. The lowest BCUT2D eigenvalue weighted by molar-refractivity contribution is -0.193. The standard InChI is InChI=1S/C13H14N2.C12H11NO.2C2HF3O2/c14-10-11-6-8-13(9-7-11)15-12-4-2-1-3-5-12;1-13-12(14)11-7-6-9-4-2-3-5-10(9)8-11;2*3-2(4,5)1(6)7/h1-9,15H,10,14H2;2-8H,1H3,(H,13,14);2*(H,6,7). The third-order valence-electron chi connectivity index (χ3n) is 4.98. The molecule has 0 unspecified atom stereocenters. The van der Waals surface area contributed by atoms with Gasteiger partial charge in [0.2, 0.25) is 0 Å². The molecule has 0 atom stereocenters. The molecule has 230 valence electrons. The number of alkyl halides is 6. The largest absolute Gasteiger partial charge is 0.490 e. The van der Waals surface area contributed by atoms with Gasteiger partial charge in [-0.05, 0) is 52.7 Å². The van der Waals surface area contributed by atoms with Gasteiger partial charge in [-0.15, -0.1) is 0 Å². The van der Waals surface area contributed by atoms with Crippen LogP contribution in [0.4, 0.5) is 37.7 Å². The van der Waals surface area contributed by atoms with Crippen LogP contribution in [0, 0.1) is 0 Å².